The first-order chi connectivity index (χ1) is 10.1. The number of nitrogens with zero attached hydrogens (tertiary/aromatic N) is 1. The van der Waals surface area contributed by atoms with Crippen LogP contribution in [0.5, 0.6) is 5.75 Å². The number of rotatable bonds is 5. The van der Waals surface area contributed by atoms with E-state index in [0.29, 0.717) is 0 Å². The second-order valence-electron chi connectivity index (χ2n) is 4.65. The van der Waals surface area contributed by atoms with Crippen molar-refractivity contribution in [2.75, 3.05) is 12.4 Å². The molecule has 1 heterocycles. The second kappa shape index (κ2) is 7.13. The highest BCUT2D eigenvalue weighted by molar-refractivity contribution is 8.00. The minimum Gasteiger partial charge on any atom is -0.497 e. The highest BCUT2D eigenvalue weighted by Gasteiger charge is 2.15. The van der Waals surface area contributed by atoms with Crippen molar-refractivity contribution in [1.82, 2.24) is 4.98 Å². The number of methoxy groups -OCH3 is 1. The standard InChI is InChI=1S/C16H18N2O2S/c1-11-4-9-15(17-10-11)21-12(2)16(19)18-13-5-7-14(20-3)8-6-13/h4-10,12H,1-3H3,(H,18,19). The summed E-state index contributed by atoms with van der Waals surface area (Å²) in [6, 6.07) is 11.2. The van der Waals surface area contributed by atoms with Crippen molar-refractivity contribution in [2.45, 2.75) is 24.1 Å². The van der Waals surface area contributed by atoms with Crippen LogP contribution in [0.2, 0.25) is 0 Å². The monoisotopic (exact) mass is 302 g/mol. The fourth-order valence-corrected chi connectivity index (χ4v) is 2.47. The number of carbonyl (C=O) groups excluding carboxylic acids is 1. The molecule has 1 amide bonds. The Morgan fingerprint density at radius 1 is 1.24 bits per heavy atom. The van der Waals surface area contributed by atoms with Gasteiger partial charge in [-0.15, -0.1) is 0 Å². The molecular formula is C16H18N2O2S. The van der Waals surface area contributed by atoms with Gasteiger partial charge >= 0.3 is 0 Å². The molecule has 21 heavy (non-hydrogen) atoms. The van der Waals surface area contributed by atoms with E-state index in [0.717, 1.165) is 22.0 Å². The van der Waals surface area contributed by atoms with Gasteiger partial charge in [0.15, 0.2) is 0 Å². The molecule has 0 aliphatic carbocycles. The lowest BCUT2D eigenvalue weighted by molar-refractivity contribution is -0.115. The van der Waals surface area contributed by atoms with E-state index in [9.17, 15) is 4.79 Å². The molecule has 1 aromatic heterocycles. The number of pyridine rings is 1. The average Bonchev–Trinajstić information content (AvgIpc) is 2.50. The summed E-state index contributed by atoms with van der Waals surface area (Å²) in [6.45, 7) is 3.85. The highest BCUT2D eigenvalue weighted by atomic mass is 32.2. The Morgan fingerprint density at radius 3 is 2.52 bits per heavy atom. The van der Waals surface area contributed by atoms with E-state index in [4.69, 9.17) is 4.74 Å². The zero-order valence-corrected chi connectivity index (χ0v) is 13.1. The van der Waals surface area contributed by atoms with Crippen LogP contribution in [0, 0.1) is 6.92 Å². The SMILES string of the molecule is COc1ccc(NC(=O)C(C)Sc2ccc(C)cn2)cc1. The van der Waals surface area contributed by atoms with Crippen molar-refractivity contribution in [3.8, 4) is 5.75 Å². The molecule has 1 aromatic carbocycles. The second-order valence-corrected chi connectivity index (χ2v) is 6.01. The highest BCUT2D eigenvalue weighted by Crippen LogP contribution is 2.23. The molecule has 0 fully saturated rings. The van der Waals surface area contributed by atoms with Crippen LogP contribution in [-0.4, -0.2) is 23.3 Å². The van der Waals surface area contributed by atoms with Crippen LogP contribution >= 0.6 is 11.8 Å². The molecule has 2 rings (SSSR count). The number of amides is 1. The van der Waals surface area contributed by atoms with Gasteiger partial charge in [0, 0.05) is 11.9 Å². The molecule has 0 radical (unpaired) electrons. The molecule has 2 aromatic rings. The maximum atomic E-state index is 12.1. The lowest BCUT2D eigenvalue weighted by atomic mass is 10.3. The molecule has 1 N–H and O–H groups in total. The lowest BCUT2D eigenvalue weighted by Crippen LogP contribution is -2.22. The van der Waals surface area contributed by atoms with E-state index >= 15 is 0 Å². The third-order valence-electron chi connectivity index (χ3n) is 2.91. The number of aromatic nitrogens is 1. The Kier molecular flexibility index (Phi) is 5.22. The van der Waals surface area contributed by atoms with Gasteiger partial charge in [0.25, 0.3) is 0 Å². The topological polar surface area (TPSA) is 51.2 Å². The molecule has 0 aliphatic heterocycles. The minimum atomic E-state index is -0.220. The van der Waals surface area contributed by atoms with Gasteiger partial charge in [0.2, 0.25) is 5.91 Å². The zero-order chi connectivity index (χ0) is 15.2. The molecule has 5 heteroatoms. The van der Waals surface area contributed by atoms with Gasteiger partial charge in [-0.3, -0.25) is 4.79 Å². The summed E-state index contributed by atoms with van der Waals surface area (Å²) in [6.07, 6.45) is 1.80. The first-order valence-electron chi connectivity index (χ1n) is 6.62. The van der Waals surface area contributed by atoms with E-state index in [2.05, 4.69) is 10.3 Å². The summed E-state index contributed by atoms with van der Waals surface area (Å²) >= 11 is 1.44. The Morgan fingerprint density at radius 2 is 1.95 bits per heavy atom. The van der Waals surface area contributed by atoms with Crippen LogP contribution in [0.3, 0.4) is 0 Å². The van der Waals surface area contributed by atoms with E-state index in [-0.39, 0.29) is 11.2 Å². The van der Waals surface area contributed by atoms with Gasteiger partial charge in [0.05, 0.1) is 17.4 Å². The maximum Gasteiger partial charge on any atom is 0.237 e. The summed E-state index contributed by atoms with van der Waals surface area (Å²) in [4.78, 5) is 16.4. The van der Waals surface area contributed by atoms with Gasteiger partial charge in [0.1, 0.15) is 5.75 Å². The van der Waals surface area contributed by atoms with Crippen LogP contribution < -0.4 is 10.1 Å². The van der Waals surface area contributed by atoms with Crippen molar-refractivity contribution in [2.24, 2.45) is 0 Å². The molecule has 0 spiro atoms. The molecule has 0 saturated heterocycles. The minimum absolute atomic E-state index is 0.0486. The largest absolute Gasteiger partial charge is 0.497 e. The van der Waals surface area contributed by atoms with Crippen molar-refractivity contribution >= 4 is 23.4 Å². The Hall–Kier alpha value is -2.01. The summed E-state index contributed by atoms with van der Waals surface area (Å²) in [5, 5.41) is 3.51. The first kappa shape index (κ1) is 15.4. The predicted octanol–water partition coefficient (Wildman–Crippen LogP) is 3.52. The molecule has 0 aliphatic rings. The fourth-order valence-electron chi connectivity index (χ4n) is 1.68. The quantitative estimate of drug-likeness (QED) is 0.859. The average molecular weight is 302 g/mol. The zero-order valence-electron chi connectivity index (χ0n) is 12.3. The van der Waals surface area contributed by atoms with E-state index < -0.39 is 0 Å². The molecular weight excluding hydrogens is 284 g/mol. The molecule has 1 unspecified atom stereocenters. The smallest absolute Gasteiger partial charge is 0.237 e. The van der Waals surface area contributed by atoms with Gasteiger partial charge in [-0.05, 0) is 49.7 Å². The summed E-state index contributed by atoms with van der Waals surface area (Å²) in [5.74, 6) is 0.715. The third kappa shape index (κ3) is 4.49. The van der Waals surface area contributed by atoms with Crippen molar-refractivity contribution in [3.63, 3.8) is 0 Å². The predicted molar refractivity (Wildman–Crippen MR) is 85.9 cm³/mol. The maximum absolute atomic E-state index is 12.1. The van der Waals surface area contributed by atoms with Crippen molar-refractivity contribution in [3.05, 3.63) is 48.2 Å². The summed E-state index contributed by atoms with van der Waals surface area (Å²) < 4.78 is 5.09. The lowest BCUT2D eigenvalue weighted by Gasteiger charge is -2.12. The first-order valence-corrected chi connectivity index (χ1v) is 7.50. The van der Waals surface area contributed by atoms with E-state index in [1.165, 1.54) is 11.8 Å². The van der Waals surface area contributed by atoms with Crippen molar-refractivity contribution in [1.29, 1.82) is 0 Å². The third-order valence-corrected chi connectivity index (χ3v) is 3.96. The van der Waals surface area contributed by atoms with Gasteiger partial charge < -0.3 is 10.1 Å². The molecule has 0 saturated carbocycles. The molecule has 0 bridgehead atoms. The van der Waals surface area contributed by atoms with Gasteiger partial charge in [-0.25, -0.2) is 4.98 Å². The normalized spacial score (nSPS) is 11.8. The molecule has 110 valence electrons. The van der Waals surface area contributed by atoms with Crippen LogP contribution in [0.1, 0.15) is 12.5 Å². The number of nitrogens with one attached hydrogen (secondary N) is 1. The number of carbonyl (C=O) groups is 1. The van der Waals surface area contributed by atoms with Crippen LogP contribution in [0.15, 0.2) is 47.6 Å². The van der Waals surface area contributed by atoms with Crippen LogP contribution in [0.4, 0.5) is 5.69 Å². The number of ether oxygens (including phenoxy) is 1. The van der Waals surface area contributed by atoms with E-state index in [1.807, 2.05) is 50.2 Å². The molecule has 1 atom stereocenters. The number of benzene rings is 1. The number of hydrogen-bond acceptors (Lipinski definition) is 4. The van der Waals surface area contributed by atoms with Crippen LogP contribution in [0.25, 0.3) is 0 Å². The van der Waals surface area contributed by atoms with E-state index in [1.54, 1.807) is 13.3 Å². The number of thioether (sulfide) groups is 1. The molecule has 4 nitrogen and oxygen atoms in total. The fraction of sp³-hybridized carbons (Fsp3) is 0.250. The van der Waals surface area contributed by atoms with Gasteiger partial charge in [-0.1, -0.05) is 17.8 Å². The van der Waals surface area contributed by atoms with Crippen LogP contribution in [-0.2, 0) is 4.79 Å². The summed E-state index contributed by atoms with van der Waals surface area (Å²) in [5.41, 5.74) is 1.86. The number of aryl methyl sites for hydroxylation is 1. The number of hydrogen-bond donors (Lipinski definition) is 1. The number of anilines is 1. The van der Waals surface area contributed by atoms with Gasteiger partial charge in [-0.2, -0.15) is 0 Å². The Labute approximate surface area is 128 Å². The summed E-state index contributed by atoms with van der Waals surface area (Å²) in [7, 11) is 1.61. The van der Waals surface area contributed by atoms with Crippen molar-refractivity contribution < 1.29 is 9.53 Å². The Bertz CT molecular complexity index is 597. The Balaban J connectivity index is 1.93.